The minimum Gasteiger partial charge on any atom is -0.466 e. The summed E-state index contributed by atoms with van der Waals surface area (Å²) in [4.78, 5) is 21.2. The molecule has 0 aromatic rings. The van der Waals surface area contributed by atoms with E-state index in [2.05, 4.69) is 0 Å². The molecule has 0 fully saturated rings. The van der Waals surface area contributed by atoms with Crippen LogP contribution in [0, 0.1) is 0 Å². The largest absolute Gasteiger partial charge is 0.466 e. The summed E-state index contributed by atoms with van der Waals surface area (Å²) in [7, 11) is 0. The molecule has 4 nitrogen and oxygen atoms in total. The molecule has 0 heterocycles. The van der Waals surface area contributed by atoms with Crippen LogP contribution in [0.15, 0.2) is 0 Å². The van der Waals surface area contributed by atoms with Crippen molar-refractivity contribution in [3.8, 4) is 0 Å². The van der Waals surface area contributed by atoms with Crippen LogP contribution in [0.4, 0.5) is 0 Å². The zero-order valence-electron chi connectivity index (χ0n) is 8.25. The van der Waals surface area contributed by atoms with Crippen molar-refractivity contribution in [1.82, 2.24) is 0 Å². The lowest BCUT2D eigenvalue weighted by Gasteiger charge is -2.03. The third kappa shape index (κ3) is 7.86. The number of hydrogen-bond acceptors (Lipinski definition) is 4. The van der Waals surface area contributed by atoms with Gasteiger partial charge in [-0.2, -0.15) is 0 Å². The van der Waals surface area contributed by atoms with Gasteiger partial charge in [-0.25, -0.2) is 0 Å². The molecule has 0 bridgehead atoms. The molecule has 0 radical (unpaired) electrons. The molecular weight excluding hydrogens is 208 g/mol. The number of carbonyl (C=O) groups excluding carboxylic acids is 2. The minimum absolute atomic E-state index is 0.120. The summed E-state index contributed by atoms with van der Waals surface area (Å²) in [5.41, 5.74) is 0. The lowest BCUT2D eigenvalue weighted by molar-refractivity contribution is -0.144. The number of ether oxygens (including phenoxy) is 2. The van der Waals surface area contributed by atoms with Crippen molar-refractivity contribution in [2.75, 3.05) is 19.1 Å². The van der Waals surface area contributed by atoms with Gasteiger partial charge in [0.1, 0.15) is 5.88 Å². The monoisotopic (exact) mass is 222 g/mol. The van der Waals surface area contributed by atoms with E-state index in [1.165, 1.54) is 0 Å². The predicted molar refractivity (Wildman–Crippen MR) is 52.2 cm³/mol. The molecule has 0 N–H and O–H groups in total. The fraction of sp³-hybridized carbons (Fsp3) is 0.778. The summed E-state index contributed by atoms with van der Waals surface area (Å²) in [6.45, 7) is 2.45. The van der Waals surface area contributed by atoms with Gasteiger partial charge in [0, 0.05) is 6.42 Å². The summed E-state index contributed by atoms with van der Waals surface area (Å²) < 4.78 is 9.53. The molecule has 0 atom stereocenters. The molecule has 0 amide bonds. The minimum atomic E-state index is -0.419. The molecule has 0 aromatic carbocycles. The van der Waals surface area contributed by atoms with Crippen molar-refractivity contribution >= 4 is 23.5 Å². The number of unbranched alkanes of at least 4 members (excludes halogenated alkanes) is 1. The second-order valence-corrected chi connectivity index (χ2v) is 2.90. The first kappa shape index (κ1) is 13.2. The van der Waals surface area contributed by atoms with Gasteiger partial charge in [-0.1, -0.05) is 6.92 Å². The number of rotatable bonds is 7. The fourth-order valence-electron chi connectivity index (χ4n) is 0.717. The van der Waals surface area contributed by atoms with Crippen LogP contribution in [0.5, 0.6) is 0 Å². The second-order valence-electron chi connectivity index (χ2n) is 2.64. The average molecular weight is 223 g/mol. The Balaban J connectivity index is 3.14. The molecule has 0 aliphatic rings. The Morgan fingerprint density at radius 1 is 1.07 bits per heavy atom. The second kappa shape index (κ2) is 8.81. The summed E-state index contributed by atoms with van der Waals surface area (Å²) in [5, 5.41) is 0. The number of carbonyl (C=O) groups is 2. The van der Waals surface area contributed by atoms with Crippen LogP contribution in [0.25, 0.3) is 0 Å². The smallest absolute Gasteiger partial charge is 0.320 e. The molecule has 0 spiro atoms. The van der Waals surface area contributed by atoms with Crippen molar-refractivity contribution in [2.45, 2.75) is 26.2 Å². The first-order valence-electron chi connectivity index (χ1n) is 4.58. The van der Waals surface area contributed by atoms with E-state index in [4.69, 9.17) is 21.1 Å². The maximum Gasteiger partial charge on any atom is 0.320 e. The van der Waals surface area contributed by atoms with Crippen molar-refractivity contribution < 1.29 is 19.1 Å². The highest BCUT2D eigenvalue weighted by molar-refractivity contribution is 6.26. The number of halogens is 1. The van der Waals surface area contributed by atoms with E-state index in [1.807, 2.05) is 0 Å². The van der Waals surface area contributed by atoms with E-state index in [0.29, 0.717) is 32.5 Å². The highest BCUT2D eigenvalue weighted by Crippen LogP contribution is 1.94. The Labute approximate surface area is 88.5 Å². The molecule has 0 aliphatic heterocycles. The van der Waals surface area contributed by atoms with E-state index >= 15 is 0 Å². The predicted octanol–water partition coefficient (Wildman–Crippen LogP) is 1.50. The van der Waals surface area contributed by atoms with Gasteiger partial charge in [0.05, 0.1) is 13.2 Å². The molecule has 0 aliphatic carbocycles. The van der Waals surface area contributed by atoms with E-state index in [-0.39, 0.29) is 11.8 Å². The summed E-state index contributed by atoms with van der Waals surface area (Å²) in [5.74, 6) is -0.745. The Morgan fingerprint density at radius 3 is 2.00 bits per heavy atom. The third-order valence-corrected chi connectivity index (χ3v) is 1.68. The Hall–Kier alpha value is -0.770. The molecular formula is C9H15ClO4. The molecule has 82 valence electrons. The zero-order valence-corrected chi connectivity index (χ0v) is 9.01. The lowest BCUT2D eigenvalue weighted by atomic mass is 10.3. The van der Waals surface area contributed by atoms with Gasteiger partial charge >= 0.3 is 11.9 Å². The first-order valence-corrected chi connectivity index (χ1v) is 5.11. The summed E-state index contributed by atoms with van der Waals surface area (Å²) in [6.07, 6.45) is 1.77. The Bertz CT molecular complexity index is 162. The lowest BCUT2D eigenvalue weighted by Crippen LogP contribution is -2.08. The molecule has 0 unspecified atom stereocenters. The zero-order chi connectivity index (χ0) is 10.8. The van der Waals surface area contributed by atoms with Gasteiger partial charge in [-0.05, 0) is 12.8 Å². The first-order chi connectivity index (χ1) is 6.70. The fourth-order valence-corrected chi connectivity index (χ4v) is 0.794. The maximum absolute atomic E-state index is 10.7. The molecule has 5 heteroatoms. The van der Waals surface area contributed by atoms with E-state index < -0.39 is 5.97 Å². The van der Waals surface area contributed by atoms with Crippen LogP contribution >= 0.6 is 11.6 Å². The standard InChI is InChI=1S/C9H15ClO4/c1-2-8(11)13-5-3-4-6-14-9(12)7-10/h2-7H2,1H3. The van der Waals surface area contributed by atoms with Gasteiger partial charge in [-0.15, -0.1) is 11.6 Å². The van der Waals surface area contributed by atoms with Crippen molar-refractivity contribution in [3.63, 3.8) is 0 Å². The van der Waals surface area contributed by atoms with Gasteiger partial charge < -0.3 is 9.47 Å². The van der Waals surface area contributed by atoms with Gasteiger partial charge in [-0.3, -0.25) is 9.59 Å². The number of esters is 2. The average Bonchev–Trinajstić information content (AvgIpc) is 2.22. The van der Waals surface area contributed by atoms with Gasteiger partial charge in [0.25, 0.3) is 0 Å². The van der Waals surface area contributed by atoms with Gasteiger partial charge in [0.15, 0.2) is 0 Å². The van der Waals surface area contributed by atoms with Crippen molar-refractivity contribution in [3.05, 3.63) is 0 Å². The number of hydrogen-bond donors (Lipinski definition) is 0. The van der Waals surface area contributed by atoms with Crippen LogP contribution < -0.4 is 0 Å². The Kier molecular flexibility index (Phi) is 8.33. The SMILES string of the molecule is CCC(=O)OCCCCOC(=O)CCl. The molecule has 0 rings (SSSR count). The van der Waals surface area contributed by atoms with E-state index in [9.17, 15) is 9.59 Å². The molecule has 14 heavy (non-hydrogen) atoms. The molecule has 0 saturated heterocycles. The highest BCUT2D eigenvalue weighted by Gasteiger charge is 2.00. The van der Waals surface area contributed by atoms with Gasteiger partial charge in [0.2, 0.25) is 0 Å². The summed E-state index contributed by atoms with van der Waals surface area (Å²) >= 11 is 5.21. The topological polar surface area (TPSA) is 52.6 Å². The van der Waals surface area contributed by atoms with Crippen LogP contribution in [-0.4, -0.2) is 31.0 Å². The van der Waals surface area contributed by atoms with Crippen LogP contribution in [-0.2, 0) is 19.1 Å². The van der Waals surface area contributed by atoms with E-state index in [1.54, 1.807) is 6.92 Å². The third-order valence-electron chi connectivity index (χ3n) is 1.46. The van der Waals surface area contributed by atoms with E-state index in [0.717, 1.165) is 0 Å². The van der Waals surface area contributed by atoms with Crippen molar-refractivity contribution in [1.29, 1.82) is 0 Å². The van der Waals surface area contributed by atoms with Crippen molar-refractivity contribution in [2.24, 2.45) is 0 Å². The van der Waals surface area contributed by atoms with Crippen LogP contribution in [0.3, 0.4) is 0 Å². The molecule has 0 saturated carbocycles. The maximum atomic E-state index is 10.7. The van der Waals surface area contributed by atoms with Crippen LogP contribution in [0.2, 0.25) is 0 Å². The highest BCUT2D eigenvalue weighted by atomic mass is 35.5. The summed E-state index contributed by atoms with van der Waals surface area (Å²) in [6, 6.07) is 0. The van der Waals surface area contributed by atoms with Crippen LogP contribution in [0.1, 0.15) is 26.2 Å². The number of alkyl halides is 1. The quantitative estimate of drug-likeness (QED) is 0.372. The molecule has 0 aromatic heterocycles. The normalized spacial score (nSPS) is 9.57. The Morgan fingerprint density at radius 2 is 1.57 bits per heavy atom.